The fourth-order valence-corrected chi connectivity index (χ4v) is 3.47. The van der Waals surface area contributed by atoms with Crippen molar-refractivity contribution in [1.82, 2.24) is 0 Å². The lowest BCUT2D eigenvalue weighted by molar-refractivity contribution is -0.121. The van der Waals surface area contributed by atoms with E-state index in [1.807, 2.05) is 60.7 Å². The second-order valence-electron chi connectivity index (χ2n) is 5.03. The summed E-state index contributed by atoms with van der Waals surface area (Å²) in [5, 5.41) is 10.1. The van der Waals surface area contributed by atoms with Gasteiger partial charge in [0.05, 0.1) is 6.10 Å². The van der Waals surface area contributed by atoms with Crippen LogP contribution in [0.25, 0.3) is 0 Å². The van der Waals surface area contributed by atoms with Crippen molar-refractivity contribution in [2.45, 2.75) is 11.4 Å². The molecule has 4 heteroatoms. The summed E-state index contributed by atoms with van der Waals surface area (Å²) in [4.78, 5) is 13.9. The summed E-state index contributed by atoms with van der Waals surface area (Å²) in [5.41, 5.74) is 1.85. The van der Waals surface area contributed by atoms with Crippen molar-refractivity contribution < 1.29 is 9.90 Å². The first-order valence-electron chi connectivity index (χ1n) is 6.97. The number of hydrogen-bond acceptors (Lipinski definition) is 3. The molecule has 0 radical (unpaired) electrons. The number of thioether (sulfide) groups is 1. The van der Waals surface area contributed by atoms with Crippen molar-refractivity contribution >= 4 is 23.4 Å². The number of anilines is 1. The summed E-state index contributed by atoms with van der Waals surface area (Å²) in [6, 6.07) is 19.3. The predicted octanol–water partition coefficient (Wildman–Crippen LogP) is 2.87. The summed E-state index contributed by atoms with van der Waals surface area (Å²) in [7, 11) is 0. The van der Waals surface area contributed by atoms with Gasteiger partial charge < -0.3 is 10.0 Å². The molecule has 1 aliphatic heterocycles. The highest BCUT2D eigenvalue weighted by atomic mass is 32.2. The lowest BCUT2D eigenvalue weighted by Crippen LogP contribution is -2.55. The molecule has 1 saturated heterocycles. The first kappa shape index (κ1) is 14.2. The minimum atomic E-state index is -0.519. The number of aliphatic hydroxyl groups is 1. The molecule has 0 spiro atoms. The molecule has 108 valence electrons. The zero-order chi connectivity index (χ0) is 14.7. The highest BCUT2D eigenvalue weighted by Gasteiger charge is 2.38. The van der Waals surface area contributed by atoms with Crippen molar-refractivity contribution in [1.29, 1.82) is 0 Å². The van der Waals surface area contributed by atoms with Crippen LogP contribution in [0.15, 0.2) is 60.7 Å². The van der Waals surface area contributed by atoms with E-state index in [1.165, 1.54) is 11.8 Å². The van der Waals surface area contributed by atoms with Crippen molar-refractivity contribution in [3.63, 3.8) is 0 Å². The van der Waals surface area contributed by atoms with E-state index in [2.05, 4.69) is 0 Å². The fourth-order valence-electron chi connectivity index (χ4n) is 2.34. The van der Waals surface area contributed by atoms with Gasteiger partial charge in [-0.3, -0.25) is 4.79 Å². The Labute approximate surface area is 128 Å². The number of β-lactam (4-membered cyclic amide) rings is 1. The van der Waals surface area contributed by atoms with Crippen LogP contribution in [-0.2, 0) is 4.79 Å². The average Bonchev–Trinajstić information content (AvgIpc) is 2.55. The third-order valence-corrected chi connectivity index (χ3v) is 4.86. The topological polar surface area (TPSA) is 40.5 Å². The number of para-hydroxylation sites is 1. The molecule has 3 rings (SSSR count). The second kappa shape index (κ2) is 6.33. The molecule has 1 amide bonds. The van der Waals surface area contributed by atoms with Crippen LogP contribution in [0.1, 0.15) is 11.7 Å². The molecule has 0 bridgehead atoms. The molecule has 1 heterocycles. The third-order valence-electron chi connectivity index (χ3n) is 3.60. The van der Waals surface area contributed by atoms with E-state index in [-0.39, 0.29) is 11.2 Å². The van der Waals surface area contributed by atoms with E-state index >= 15 is 0 Å². The Kier molecular flexibility index (Phi) is 4.27. The van der Waals surface area contributed by atoms with Gasteiger partial charge in [-0.15, -0.1) is 11.8 Å². The first-order valence-corrected chi connectivity index (χ1v) is 8.01. The highest BCUT2D eigenvalue weighted by Crippen LogP contribution is 2.31. The zero-order valence-corrected chi connectivity index (χ0v) is 12.4. The van der Waals surface area contributed by atoms with Crippen LogP contribution in [0.3, 0.4) is 0 Å². The van der Waals surface area contributed by atoms with Gasteiger partial charge in [0, 0.05) is 18.0 Å². The lowest BCUT2D eigenvalue weighted by Gasteiger charge is -2.38. The van der Waals surface area contributed by atoms with Crippen molar-refractivity contribution in [3.05, 3.63) is 66.2 Å². The number of rotatable bonds is 5. The Morgan fingerprint density at radius 1 is 1.10 bits per heavy atom. The van der Waals surface area contributed by atoms with Crippen LogP contribution in [0.4, 0.5) is 5.69 Å². The number of hydrogen-bond donors (Lipinski definition) is 1. The first-order chi connectivity index (χ1) is 10.3. The molecule has 1 aliphatic rings. The summed E-state index contributed by atoms with van der Waals surface area (Å²) in [6.07, 6.45) is -0.519. The third kappa shape index (κ3) is 3.12. The van der Waals surface area contributed by atoms with Gasteiger partial charge in [0.2, 0.25) is 5.91 Å². The molecule has 2 atom stereocenters. The maximum Gasteiger partial charge on any atom is 0.241 e. The zero-order valence-electron chi connectivity index (χ0n) is 11.6. The summed E-state index contributed by atoms with van der Waals surface area (Å²) in [5.74, 6) is 0.676. The number of carbonyl (C=O) groups excluding carboxylic acids is 1. The van der Waals surface area contributed by atoms with Crippen molar-refractivity contribution in [3.8, 4) is 0 Å². The number of nitrogens with zero attached hydrogens (tertiary/aromatic N) is 1. The van der Waals surface area contributed by atoms with Gasteiger partial charge in [-0.1, -0.05) is 48.5 Å². The van der Waals surface area contributed by atoms with Gasteiger partial charge in [0.15, 0.2) is 0 Å². The molecule has 0 unspecified atom stereocenters. The standard InChI is InChI=1S/C17H17NO2S/c19-15(13-7-3-1-4-8-13)12-21-16-11-18(17(16)20)14-9-5-2-6-10-14/h1-10,15-16,19H,11-12H2/t15-,16+/m0/s1. The Hall–Kier alpha value is -1.78. The maximum atomic E-state index is 12.1. The number of carbonyl (C=O) groups is 1. The summed E-state index contributed by atoms with van der Waals surface area (Å²) < 4.78 is 0. The van der Waals surface area contributed by atoms with Gasteiger partial charge in [0.25, 0.3) is 0 Å². The maximum absolute atomic E-state index is 12.1. The van der Waals surface area contributed by atoms with Crippen molar-refractivity contribution in [2.75, 3.05) is 17.2 Å². The molecule has 21 heavy (non-hydrogen) atoms. The predicted molar refractivity (Wildman–Crippen MR) is 86.4 cm³/mol. The highest BCUT2D eigenvalue weighted by molar-refractivity contribution is 8.00. The largest absolute Gasteiger partial charge is 0.388 e. The quantitative estimate of drug-likeness (QED) is 0.863. The monoisotopic (exact) mass is 299 g/mol. The summed E-state index contributed by atoms with van der Waals surface area (Å²) in [6.45, 7) is 0.717. The van der Waals surface area contributed by atoms with Gasteiger partial charge >= 0.3 is 0 Å². The van der Waals surface area contributed by atoms with Crippen LogP contribution in [0.2, 0.25) is 0 Å². The van der Waals surface area contributed by atoms with E-state index in [0.29, 0.717) is 5.75 Å². The molecule has 0 aromatic heterocycles. The second-order valence-corrected chi connectivity index (χ2v) is 6.27. The molecular formula is C17H17NO2S. The van der Waals surface area contributed by atoms with Gasteiger partial charge in [-0.25, -0.2) is 0 Å². The smallest absolute Gasteiger partial charge is 0.241 e. The number of aliphatic hydroxyl groups excluding tert-OH is 1. The van der Waals surface area contributed by atoms with Gasteiger partial charge in [-0.05, 0) is 17.7 Å². The van der Waals surface area contributed by atoms with E-state index in [9.17, 15) is 9.90 Å². The molecule has 3 nitrogen and oxygen atoms in total. The van der Waals surface area contributed by atoms with Crippen LogP contribution >= 0.6 is 11.8 Å². The minimum absolute atomic E-state index is 0.0384. The molecular weight excluding hydrogens is 282 g/mol. The van der Waals surface area contributed by atoms with E-state index in [4.69, 9.17) is 0 Å². The Morgan fingerprint density at radius 3 is 2.33 bits per heavy atom. The van der Waals surface area contributed by atoms with Crippen LogP contribution < -0.4 is 4.90 Å². The molecule has 0 saturated carbocycles. The Balaban J connectivity index is 1.51. The van der Waals surface area contributed by atoms with Gasteiger partial charge in [-0.2, -0.15) is 0 Å². The van der Waals surface area contributed by atoms with Crippen LogP contribution in [-0.4, -0.2) is 28.6 Å². The summed E-state index contributed by atoms with van der Waals surface area (Å²) >= 11 is 1.53. The van der Waals surface area contributed by atoms with Crippen LogP contribution in [0, 0.1) is 0 Å². The van der Waals surface area contributed by atoms with E-state index < -0.39 is 6.10 Å². The number of benzene rings is 2. The molecule has 0 aliphatic carbocycles. The molecule has 2 aromatic carbocycles. The van der Waals surface area contributed by atoms with E-state index in [1.54, 1.807) is 4.90 Å². The van der Waals surface area contributed by atoms with Crippen LogP contribution in [0.5, 0.6) is 0 Å². The fraction of sp³-hybridized carbons (Fsp3) is 0.235. The average molecular weight is 299 g/mol. The van der Waals surface area contributed by atoms with Crippen molar-refractivity contribution in [2.24, 2.45) is 0 Å². The Morgan fingerprint density at radius 2 is 1.71 bits per heavy atom. The lowest BCUT2D eigenvalue weighted by atomic mass is 10.1. The molecule has 1 fully saturated rings. The van der Waals surface area contributed by atoms with Gasteiger partial charge in [0.1, 0.15) is 5.25 Å². The SMILES string of the molecule is O=C1[C@H](SC[C@H](O)c2ccccc2)CN1c1ccccc1. The molecule has 1 N–H and O–H groups in total. The molecule has 2 aromatic rings. The Bertz CT molecular complexity index is 603. The minimum Gasteiger partial charge on any atom is -0.388 e. The normalized spacial score (nSPS) is 19.2. The number of amides is 1. The van der Waals surface area contributed by atoms with E-state index in [0.717, 1.165) is 17.8 Å².